The zero-order chi connectivity index (χ0) is 16.5. The van der Waals surface area contributed by atoms with E-state index in [4.69, 9.17) is 0 Å². The van der Waals surface area contributed by atoms with E-state index in [0.717, 1.165) is 31.3 Å². The van der Waals surface area contributed by atoms with Gasteiger partial charge in [0.25, 0.3) is 0 Å². The van der Waals surface area contributed by atoms with E-state index in [1.165, 1.54) is 11.1 Å². The van der Waals surface area contributed by atoms with Gasteiger partial charge in [0.05, 0.1) is 0 Å². The smallest absolute Gasteiger partial charge is 0.159 e. The van der Waals surface area contributed by atoms with Gasteiger partial charge in [-0.3, -0.25) is 9.59 Å². The monoisotopic (exact) mass is 300 g/mol. The predicted molar refractivity (Wildman–Crippen MR) is 90.6 cm³/mol. The number of Topliss-reactive ketones (excluding diaryl/α,β-unsaturated/α-hetero) is 2. The lowest BCUT2D eigenvalue weighted by molar-refractivity contribution is -0.118. The molecule has 0 heterocycles. The molecule has 0 fully saturated rings. The molecular weight excluding hydrogens is 272 g/mol. The SMILES string of the molecule is C=C1CC/C=C(\C)CCC2=C(C(C)C)C(=O)CC2(C)CC1=O. The van der Waals surface area contributed by atoms with Crippen LogP contribution >= 0.6 is 0 Å². The van der Waals surface area contributed by atoms with Crippen LogP contribution in [0.25, 0.3) is 0 Å². The van der Waals surface area contributed by atoms with E-state index < -0.39 is 0 Å². The molecule has 2 aliphatic carbocycles. The number of allylic oxidation sites excluding steroid dienone is 5. The van der Waals surface area contributed by atoms with Gasteiger partial charge in [0.2, 0.25) is 0 Å². The Labute approximate surface area is 134 Å². The predicted octanol–water partition coefficient (Wildman–Crippen LogP) is 4.95. The zero-order valence-corrected chi connectivity index (χ0v) is 14.4. The fraction of sp³-hybridized carbons (Fsp3) is 0.600. The Bertz CT molecular complexity index is 575. The molecule has 0 bridgehead atoms. The van der Waals surface area contributed by atoms with E-state index in [1.54, 1.807) is 0 Å². The minimum atomic E-state index is -0.304. The molecule has 0 radical (unpaired) electrons. The summed E-state index contributed by atoms with van der Waals surface area (Å²) in [5.74, 6) is 0.604. The molecule has 0 aromatic rings. The third kappa shape index (κ3) is 3.31. The first kappa shape index (κ1) is 16.9. The molecule has 1 atom stereocenters. The van der Waals surface area contributed by atoms with E-state index in [9.17, 15) is 9.59 Å². The fourth-order valence-corrected chi connectivity index (χ4v) is 3.86. The summed E-state index contributed by atoms with van der Waals surface area (Å²) in [5.41, 5.74) is 3.95. The fourth-order valence-electron chi connectivity index (χ4n) is 3.86. The Morgan fingerprint density at radius 1 is 1.09 bits per heavy atom. The lowest BCUT2D eigenvalue weighted by Gasteiger charge is -2.28. The maximum Gasteiger partial charge on any atom is 0.159 e. The van der Waals surface area contributed by atoms with E-state index in [1.807, 2.05) is 0 Å². The first-order chi connectivity index (χ1) is 10.2. The number of ketones is 2. The van der Waals surface area contributed by atoms with Gasteiger partial charge in [-0.05, 0) is 49.7 Å². The summed E-state index contributed by atoms with van der Waals surface area (Å²) in [4.78, 5) is 25.0. The topological polar surface area (TPSA) is 34.1 Å². The largest absolute Gasteiger partial charge is 0.295 e. The number of hydrogen-bond acceptors (Lipinski definition) is 2. The van der Waals surface area contributed by atoms with Crippen LogP contribution in [0.1, 0.15) is 66.2 Å². The van der Waals surface area contributed by atoms with Gasteiger partial charge < -0.3 is 0 Å². The van der Waals surface area contributed by atoms with Gasteiger partial charge in [0.15, 0.2) is 11.6 Å². The molecule has 0 aromatic carbocycles. The van der Waals surface area contributed by atoms with E-state index in [0.29, 0.717) is 18.4 Å². The minimum Gasteiger partial charge on any atom is -0.295 e. The quantitative estimate of drug-likeness (QED) is 0.507. The summed E-state index contributed by atoms with van der Waals surface area (Å²) in [6, 6.07) is 0. The van der Waals surface area contributed by atoms with Crippen LogP contribution in [0.4, 0.5) is 0 Å². The van der Waals surface area contributed by atoms with Crippen LogP contribution < -0.4 is 0 Å². The molecule has 0 aromatic heterocycles. The number of carbonyl (C=O) groups is 2. The first-order valence-corrected chi connectivity index (χ1v) is 8.38. The van der Waals surface area contributed by atoms with Crippen LogP contribution in [0.5, 0.6) is 0 Å². The third-order valence-corrected chi connectivity index (χ3v) is 5.14. The van der Waals surface area contributed by atoms with Gasteiger partial charge in [-0.2, -0.15) is 0 Å². The summed E-state index contributed by atoms with van der Waals surface area (Å²) in [6.07, 6.45) is 6.64. The normalized spacial score (nSPS) is 30.2. The minimum absolute atomic E-state index is 0.130. The molecule has 1 unspecified atom stereocenters. The van der Waals surface area contributed by atoms with Crippen LogP contribution in [-0.2, 0) is 9.59 Å². The molecule has 0 aliphatic heterocycles. The van der Waals surface area contributed by atoms with Crippen LogP contribution in [0.3, 0.4) is 0 Å². The summed E-state index contributed by atoms with van der Waals surface area (Å²) < 4.78 is 0. The molecule has 2 heteroatoms. The molecule has 120 valence electrons. The summed E-state index contributed by atoms with van der Waals surface area (Å²) in [7, 11) is 0. The second-order valence-electron chi connectivity index (χ2n) is 7.50. The van der Waals surface area contributed by atoms with Crippen molar-refractivity contribution in [3.05, 3.63) is 34.9 Å². The molecule has 0 amide bonds. The van der Waals surface area contributed by atoms with Crippen LogP contribution in [0.15, 0.2) is 34.9 Å². The van der Waals surface area contributed by atoms with Crippen molar-refractivity contribution in [3.8, 4) is 0 Å². The Balaban J connectivity index is 2.47. The number of carbonyl (C=O) groups excluding carboxylic acids is 2. The van der Waals surface area contributed by atoms with Crippen molar-refractivity contribution in [2.45, 2.75) is 66.2 Å². The highest BCUT2D eigenvalue weighted by molar-refractivity contribution is 6.02. The summed E-state index contributed by atoms with van der Waals surface area (Å²) in [6.45, 7) is 12.4. The molecule has 22 heavy (non-hydrogen) atoms. The second-order valence-corrected chi connectivity index (χ2v) is 7.50. The Kier molecular flexibility index (Phi) is 4.89. The second kappa shape index (κ2) is 6.36. The molecule has 0 spiro atoms. The van der Waals surface area contributed by atoms with Crippen molar-refractivity contribution in [1.82, 2.24) is 0 Å². The molecule has 0 saturated carbocycles. The van der Waals surface area contributed by atoms with Crippen molar-refractivity contribution < 1.29 is 9.59 Å². The van der Waals surface area contributed by atoms with E-state index in [2.05, 4.69) is 40.3 Å². The first-order valence-electron chi connectivity index (χ1n) is 8.38. The maximum atomic E-state index is 12.5. The number of rotatable bonds is 1. The highest BCUT2D eigenvalue weighted by Crippen LogP contribution is 2.48. The van der Waals surface area contributed by atoms with Crippen molar-refractivity contribution in [1.29, 1.82) is 0 Å². The van der Waals surface area contributed by atoms with Crippen LogP contribution in [0.2, 0.25) is 0 Å². The Morgan fingerprint density at radius 3 is 2.36 bits per heavy atom. The van der Waals surface area contributed by atoms with Crippen molar-refractivity contribution >= 4 is 11.6 Å². The molecule has 2 aliphatic rings. The maximum absolute atomic E-state index is 12.5. The average molecular weight is 300 g/mol. The molecule has 2 nitrogen and oxygen atoms in total. The van der Waals surface area contributed by atoms with Crippen molar-refractivity contribution in [2.24, 2.45) is 11.3 Å². The zero-order valence-electron chi connectivity index (χ0n) is 14.4. The highest BCUT2D eigenvalue weighted by Gasteiger charge is 2.43. The molecule has 2 rings (SSSR count). The highest BCUT2D eigenvalue weighted by atomic mass is 16.1. The Morgan fingerprint density at radius 2 is 1.73 bits per heavy atom. The van der Waals surface area contributed by atoms with E-state index >= 15 is 0 Å². The number of hydrogen-bond donors (Lipinski definition) is 0. The van der Waals surface area contributed by atoms with Crippen molar-refractivity contribution in [3.63, 3.8) is 0 Å². The number of fused-ring (bicyclic) bond motifs is 1. The van der Waals surface area contributed by atoms with Gasteiger partial charge in [-0.1, -0.05) is 44.6 Å². The van der Waals surface area contributed by atoms with Gasteiger partial charge >= 0.3 is 0 Å². The summed E-state index contributed by atoms with van der Waals surface area (Å²) in [5, 5.41) is 0. The lowest BCUT2D eigenvalue weighted by Crippen LogP contribution is -2.22. The molecular formula is C20H28O2. The molecule has 0 N–H and O–H groups in total. The van der Waals surface area contributed by atoms with Crippen LogP contribution in [-0.4, -0.2) is 11.6 Å². The standard InChI is InChI=1S/C20H28O2/c1-13(2)19-16-10-9-14(3)7-6-8-15(4)17(21)11-20(16,5)12-18(19)22/h7,13H,4,6,8-12H2,1-3,5H3/b14-7+. The van der Waals surface area contributed by atoms with Gasteiger partial charge in [-0.15, -0.1) is 0 Å². The third-order valence-electron chi connectivity index (χ3n) is 5.14. The summed E-state index contributed by atoms with van der Waals surface area (Å²) >= 11 is 0. The van der Waals surface area contributed by atoms with Crippen molar-refractivity contribution in [2.75, 3.05) is 0 Å². The lowest BCUT2D eigenvalue weighted by atomic mass is 9.75. The van der Waals surface area contributed by atoms with Crippen LogP contribution in [0, 0.1) is 11.3 Å². The van der Waals surface area contributed by atoms with Gasteiger partial charge in [0.1, 0.15) is 0 Å². The van der Waals surface area contributed by atoms with Gasteiger partial charge in [0, 0.05) is 18.3 Å². The van der Waals surface area contributed by atoms with Gasteiger partial charge in [-0.25, -0.2) is 0 Å². The average Bonchev–Trinajstić information content (AvgIpc) is 2.65. The molecule has 0 saturated heterocycles. The van der Waals surface area contributed by atoms with E-state index in [-0.39, 0.29) is 22.9 Å². The Hall–Kier alpha value is -1.44.